The molecule has 6 nitrogen and oxygen atoms in total. The van der Waals surface area contributed by atoms with Crippen LogP contribution >= 0.6 is 0 Å². The smallest absolute Gasteiger partial charge is 0.274 e. The molecule has 26 heavy (non-hydrogen) atoms. The number of amides is 1. The first-order valence-corrected chi connectivity index (χ1v) is 9.54. The van der Waals surface area contributed by atoms with E-state index in [4.69, 9.17) is 0 Å². The number of rotatable bonds is 4. The maximum Gasteiger partial charge on any atom is 0.274 e. The van der Waals surface area contributed by atoms with Gasteiger partial charge in [-0.1, -0.05) is 0 Å². The summed E-state index contributed by atoms with van der Waals surface area (Å²) in [6.45, 7) is 4.16. The van der Waals surface area contributed by atoms with Gasteiger partial charge < -0.3 is 15.1 Å². The molecule has 0 saturated carbocycles. The number of anilines is 3. The highest BCUT2D eigenvalue weighted by molar-refractivity contribution is 6.03. The highest BCUT2D eigenvalue weighted by Gasteiger charge is 2.17. The minimum Gasteiger partial charge on any atom is -0.372 e. The first-order valence-electron chi connectivity index (χ1n) is 9.54. The van der Waals surface area contributed by atoms with Crippen molar-refractivity contribution < 1.29 is 4.79 Å². The van der Waals surface area contributed by atoms with E-state index in [0.29, 0.717) is 11.6 Å². The van der Waals surface area contributed by atoms with Crippen molar-refractivity contribution in [1.29, 1.82) is 0 Å². The number of carbonyl (C=O) groups excluding carboxylic acids is 1. The van der Waals surface area contributed by atoms with E-state index in [1.54, 1.807) is 12.3 Å². The van der Waals surface area contributed by atoms with Crippen LogP contribution in [0.2, 0.25) is 0 Å². The van der Waals surface area contributed by atoms with E-state index in [2.05, 4.69) is 37.2 Å². The summed E-state index contributed by atoms with van der Waals surface area (Å²) in [5.74, 6) is 0.453. The van der Waals surface area contributed by atoms with Gasteiger partial charge in [0.25, 0.3) is 5.91 Å². The van der Waals surface area contributed by atoms with Gasteiger partial charge in [0, 0.05) is 43.8 Å². The fourth-order valence-corrected chi connectivity index (χ4v) is 3.65. The maximum atomic E-state index is 12.5. The Morgan fingerprint density at radius 2 is 1.50 bits per heavy atom. The molecule has 0 unspecified atom stereocenters. The van der Waals surface area contributed by atoms with E-state index in [1.807, 2.05) is 12.1 Å². The van der Waals surface area contributed by atoms with E-state index in [-0.39, 0.29) is 5.91 Å². The Hall–Kier alpha value is -2.63. The van der Waals surface area contributed by atoms with Crippen LogP contribution in [0.3, 0.4) is 0 Å². The second-order valence-electron chi connectivity index (χ2n) is 6.98. The van der Waals surface area contributed by atoms with Crippen molar-refractivity contribution in [1.82, 2.24) is 9.97 Å². The molecule has 4 rings (SSSR count). The van der Waals surface area contributed by atoms with Crippen molar-refractivity contribution in [2.75, 3.05) is 41.3 Å². The van der Waals surface area contributed by atoms with Gasteiger partial charge in [0.1, 0.15) is 5.69 Å². The monoisotopic (exact) mass is 351 g/mol. The van der Waals surface area contributed by atoms with E-state index in [1.165, 1.54) is 24.9 Å². The number of hydrogen-bond donors (Lipinski definition) is 1. The van der Waals surface area contributed by atoms with Crippen molar-refractivity contribution in [2.24, 2.45) is 0 Å². The summed E-state index contributed by atoms with van der Waals surface area (Å²) in [4.78, 5) is 25.8. The molecule has 0 radical (unpaired) electrons. The van der Waals surface area contributed by atoms with Gasteiger partial charge in [-0.15, -0.1) is 0 Å². The Bertz CT molecular complexity index is 749. The molecule has 2 fully saturated rings. The number of nitrogens with zero attached hydrogens (tertiary/aromatic N) is 4. The van der Waals surface area contributed by atoms with Gasteiger partial charge in [-0.05, 0) is 62.4 Å². The standard InChI is InChI=1S/C20H25N5O/c26-19(18-10-11-21-20(23-18)25-14-4-5-15-25)22-16-6-8-17(9-7-16)24-12-2-1-3-13-24/h6-11H,1-5,12-15H2,(H,22,26). The predicted molar refractivity (Wildman–Crippen MR) is 104 cm³/mol. The topological polar surface area (TPSA) is 61.4 Å². The fraction of sp³-hybridized carbons (Fsp3) is 0.450. The molecule has 2 saturated heterocycles. The molecule has 2 aliphatic heterocycles. The van der Waals surface area contributed by atoms with Crippen LogP contribution in [0, 0.1) is 0 Å². The van der Waals surface area contributed by atoms with Crippen molar-refractivity contribution in [2.45, 2.75) is 32.1 Å². The lowest BCUT2D eigenvalue weighted by Gasteiger charge is -2.28. The van der Waals surface area contributed by atoms with Crippen molar-refractivity contribution >= 4 is 23.2 Å². The Balaban J connectivity index is 1.42. The van der Waals surface area contributed by atoms with E-state index < -0.39 is 0 Å². The molecule has 2 aliphatic rings. The van der Waals surface area contributed by atoms with Crippen molar-refractivity contribution in [3.05, 3.63) is 42.2 Å². The third-order valence-electron chi connectivity index (χ3n) is 5.11. The summed E-state index contributed by atoms with van der Waals surface area (Å²) in [5, 5.41) is 2.94. The Labute approximate surface area is 154 Å². The highest BCUT2D eigenvalue weighted by Crippen LogP contribution is 2.22. The number of nitrogens with one attached hydrogen (secondary N) is 1. The average Bonchev–Trinajstić information content (AvgIpc) is 3.24. The Morgan fingerprint density at radius 3 is 2.23 bits per heavy atom. The van der Waals surface area contributed by atoms with Crippen LogP contribution in [0.25, 0.3) is 0 Å². The van der Waals surface area contributed by atoms with Crippen LogP contribution in [0.1, 0.15) is 42.6 Å². The van der Waals surface area contributed by atoms with E-state index >= 15 is 0 Å². The normalized spacial score (nSPS) is 17.4. The second-order valence-corrected chi connectivity index (χ2v) is 6.98. The third kappa shape index (κ3) is 3.79. The summed E-state index contributed by atoms with van der Waals surface area (Å²) in [5.41, 5.74) is 2.42. The molecule has 6 heteroatoms. The lowest BCUT2D eigenvalue weighted by atomic mass is 10.1. The van der Waals surface area contributed by atoms with Crippen LogP contribution in [0.15, 0.2) is 36.5 Å². The summed E-state index contributed by atoms with van der Waals surface area (Å²) in [7, 11) is 0. The molecule has 1 N–H and O–H groups in total. The van der Waals surface area contributed by atoms with Gasteiger partial charge in [-0.25, -0.2) is 9.97 Å². The summed E-state index contributed by atoms with van der Waals surface area (Å²) in [6, 6.07) is 9.75. The van der Waals surface area contributed by atoms with Gasteiger partial charge in [-0.2, -0.15) is 0 Å². The zero-order valence-electron chi connectivity index (χ0n) is 15.0. The molecule has 0 atom stereocenters. The molecule has 0 aliphatic carbocycles. The van der Waals surface area contributed by atoms with Crippen LogP contribution < -0.4 is 15.1 Å². The van der Waals surface area contributed by atoms with Crippen molar-refractivity contribution in [3.8, 4) is 0 Å². The molecule has 1 aromatic heterocycles. The summed E-state index contributed by atoms with van der Waals surface area (Å²) < 4.78 is 0. The minimum atomic E-state index is -0.196. The number of piperidine rings is 1. The van der Waals surface area contributed by atoms with Crippen LogP contribution in [-0.2, 0) is 0 Å². The van der Waals surface area contributed by atoms with Crippen LogP contribution in [-0.4, -0.2) is 42.1 Å². The largest absolute Gasteiger partial charge is 0.372 e. The molecule has 3 heterocycles. The fourth-order valence-electron chi connectivity index (χ4n) is 3.65. The molecule has 0 spiro atoms. The molecule has 1 amide bonds. The first kappa shape index (κ1) is 16.8. The summed E-state index contributed by atoms with van der Waals surface area (Å²) >= 11 is 0. The van der Waals surface area contributed by atoms with Gasteiger partial charge >= 0.3 is 0 Å². The Morgan fingerprint density at radius 1 is 0.846 bits per heavy atom. The number of hydrogen-bond acceptors (Lipinski definition) is 5. The van der Waals surface area contributed by atoms with E-state index in [9.17, 15) is 4.79 Å². The van der Waals surface area contributed by atoms with E-state index in [0.717, 1.165) is 44.7 Å². The molecule has 1 aromatic carbocycles. The lowest BCUT2D eigenvalue weighted by Crippen LogP contribution is -2.29. The highest BCUT2D eigenvalue weighted by atomic mass is 16.1. The van der Waals surface area contributed by atoms with Gasteiger partial charge in [0.2, 0.25) is 5.95 Å². The zero-order valence-corrected chi connectivity index (χ0v) is 15.0. The first-order chi connectivity index (χ1) is 12.8. The minimum absolute atomic E-state index is 0.196. The van der Waals surface area contributed by atoms with Gasteiger partial charge in [0.05, 0.1) is 0 Å². The Kier molecular flexibility index (Phi) is 5.00. The number of carbonyl (C=O) groups is 1. The number of aromatic nitrogens is 2. The summed E-state index contributed by atoms with van der Waals surface area (Å²) in [6.07, 6.45) is 7.81. The quantitative estimate of drug-likeness (QED) is 0.916. The van der Waals surface area contributed by atoms with Crippen molar-refractivity contribution in [3.63, 3.8) is 0 Å². The zero-order chi connectivity index (χ0) is 17.8. The molecule has 2 aromatic rings. The number of benzene rings is 1. The third-order valence-corrected chi connectivity index (χ3v) is 5.11. The second kappa shape index (κ2) is 7.72. The lowest BCUT2D eigenvalue weighted by molar-refractivity contribution is 0.102. The molecule has 136 valence electrons. The van der Waals surface area contributed by atoms with Gasteiger partial charge in [0.15, 0.2) is 0 Å². The molecular formula is C20H25N5O. The molecule has 0 bridgehead atoms. The van der Waals surface area contributed by atoms with Crippen LogP contribution in [0.5, 0.6) is 0 Å². The SMILES string of the molecule is O=C(Nc1ccc(N2CCCCC2)cc1)c1ccnc(N2CCCC2)n1. The molecular weight excluding hydrogens is 326 g/mol. The average molecular weight is 351 g/mol. The predicted octanol–water partition coefficient (Wildman–Crippen LogP) is 3.32. The van der Waals surface area contributed by atoms with Gasteiger partial charge in [-0.3, -0.25) is 4.79 Å². The maximum absolute atomic E-state index is 12.5. The van der Waals surface area contributed by atoms with Crippen LogP contribution in [0.4, 0.5) is 17.3 Å².